The van der Waals surface area contributed by atoms with Crippen molar-refractivity contribution in [1.29, 1.82) is 0 Å². The minimum absolute atomic E-state index is 0.0650. The fourth-order valence-corrected chi connectivity index (χ4v) is 1.65. The first kappa shape index (κ1) is 14.1. The molecule has 0 fully saturated rings. The molecule has 0 N–H and O–H groups in total. The van der Waals surface area contributed by atoms with Crippen molar-refractivity contribution in [3.8, 4) is 11.6 Å². The number of nitro groups is 1. The molecule has 0 saturated carbocycles. The van der Waals surface area contributed by atoms with E-state index in [0.29, 0.717) is 6.07 Å². The van der Waals surface area contributed by atoms with Crippen molar-refractivity contribution in [2.45, 2.75) is 6.92 Å². The molecule has 0 aliphatic carbocycles. The highest BCUT2D eigenvalue weighted by Gasteiger charge is 2.18. The van der Waals surface area contributed by atoms with E-state index in [0.717, 1.165) is 18.3 Å². The molecule has 0 saturated heterocycles. The topological polar surface area (TPSA) is 65.3 Å². The van der Waals surface area contributed by atoms with Crippen LogP contribution in [0.3, 0.4) is 0 Å². The second-order valence-electron chi connectivity index (χ2n) is 3.87. The van der Waals surface area contributed by atoms with Crippen LogP contribution in [0.5, 0.6) is 11.6 Å². The highest BCUT2D eigenvalue weighted by atomic mass is 35.5. The standard InChI is InChI=1S/C12H7ClF2N2O3/c1-6-2-11(8(14)4-10(6)17(18)19)20-12-9(15)3-7(13)5-16-12/h2-5H,1H3. The molecule has 8 heteroatoms. The maximum Gasteiger partial charge on any atom is 0.275 e. The molecule has 0 spiro atoms. The highest BCUT2D eigenvalue weighted by molar-refractivity contribution is 6.30. The smallest absolute Gasteiger partial charge is 0.275 e. The molecule has 2 rings (SSSR count). The van der Waals surface area contributed by atoms with Crippen molar-refractivity contribution in [1.82, 2.24) is 4.98 Å². The van der Waals surface area contributed by atoms with E-state index in [1.54, 1.807) is 0 Å². The zero-order valence-electron chi connectivity index (χ0n) is 10.1. The lowest BCUT2D eigenvalue weighted by Crippen LogP contribution is -1.98. The summed E-state index contributed by atoms with van der Waals surface area (Å²) >= 11 is 5.52. The molecule has 0 bridgehead atoms. The van der Waals surface area contributed by atoms with Crippen molar-refractivity contribution in [3.63, 3.8) is 0 Å². The second kappa shape index (κ2) is 5.38. The molecule has 5 nitrogen and oxygen atoms in total. The minimum Gasteiger partial charge on any atom is -0.433 e. The maximum atomic E-state index is 13.7. The summed E-state index contributed by atoms with van der Waals surface area (Å²) in [5.41, 5.74) is -0.208. The first-order valence-electron chi connectivity index (χ1n) is 5.32. The van der Waals surface area contributed by atoms with Gasteiger partial charge in [0.25, 0.3) is 11.6 Å². The zero-order chi connectivity index (χ0) is 14.9. The first-order valence-corrected chi connectivity index (χ1v) is 5.69. The van der Waals surface area contributed by atoms with Crippen LogP contribution < -0.4 is 4.74 Å². The number of hydrogen-bond donors (Lipinski definition) is 0. The van der Waals surface area contributed by atoms with E-state index < -0.39 is 22.4 Å². The molecule has 0 atom stereocenters. The average Bonchev–Trinajstić information content (AvgIpc) is 2.36. The summed E-state index contributed by atoms with van der Waals surface area (Å²) in [6, 6.07) is 2.77. The second-order valence-corrected chi connectivity index (χ2v) is 4.31. The van der Waals surface area contributed by atoms with Crippen LogP contribution in [-0.2, 0) is 0 Å². The lowest BCUT2D eigenvalue weighted by molar-refractivity contribution is -0.385. The van der Waals surface area contributed by atoms with Gasteiger partial charge in [0.15, 0.2) is 17.4 Å². The minimum atomic E-state index is -0.988. The van der Waals surface area contributed by atoms with E-state index in [2.05, 4.69) is 4.98 Å². The largest absolute Gasteiger partial charge is 0.433 e. The number of halogens is 3. The monoisotopic (exact) mass is 300 g/mol. The van der Waals surface area contributed by atoms with Gasteiger partial charge in [0.2, 0.25) is 0 Å². The van der Waals surface area contributed by atoms with Crippen LogP contribution in [0, 0.1) is 28.7 Å². The van der Waals surface area contributed by atoms with Crippen molar-refractivity contribution in [2.75, 3.05) is 0 Å². The molecule has 1 aromatic heterocycles. The van der Waals surface area contributed by atoms with Gasteiger partial charge >= 0.3 is 0 Å². The molecule has 104 valence electrons. The van der Waals surface area contributed by atoms with E-state index in [-0.39, 0.29) is 22.0 Å². The molecule has 0 unspecified atom stereocenters. The summed E-state index contributed by atoms with van der Waals surface area (Å²) in [7, 11) is 0. The SMILES string of the molecule is Cc1cc(Oc2ncc(Cl)cc2F)c(F)cc1[N+](=O)[O-]. The molecule has 2 aromatic rings. The van der Waals surface area contributed by atoms with Crippen LogP contribution in [0.4, 0.5) is 14.5 Å². The number of pyridine rings is 1. The van der Waals surface area contributed by atoms with Crippen molar-refractivity contribution < 1.29 is 18.4 Å². The fourth-order valence-electron chi connectivity index (χ4n) is 1.50. The molecular weight excluding hydrogens is 294 g/mol. The predicted octanol–water partition coefficient (Wildman–Crippen LogP) is 4.02. The number of rotatable bonds is 3. The van der Waals surface area contributed by atoms with Crippen molar-refractivity contribution in [3.05, 3.63) is 56.7 Å². The van der Waals surface area contributed by atoms with Crippen LogP contribution in [-0.4, -0.2) is 9.91 Å². The number of ether oxygens (including phenoxy) is 1. The quantitative estimate of drug-likeness (QED) is 0.634. The van der Waals surface area contributed by atoms with Gasteiger partial charge in [-0.3, -0.25) is 10.1 Å². The third kappa shape index (κ3) is 2.83. The van der Waals surface area contributed by atoms with Gasteiger partial charge in [-0.15, -0.1) is 0 Å². The number of aromatic nitrogens is 1. The summed E-state index contributed by atoms with van der Waals surface area (Å²) in [5, 5.41) is 10.7. The normalized spacial score (nSPS) is 10.4. The van der Waals surface area contributed by atoms with Crippen LogP contribution in [0.1, 0.15) is 5.56 Å². The van der Waals surface area contributed by atoms with Gasteiger partial charge in [0.1, 0.15) is 0 Å². The van der Waals surface area contributed by atoms with Crippen LogP contribution in [0.25, 0.3) is 0 Å². The Morgan fingerprint density at radius 2 is 2.00 bits per heavy atom. The maximum absolute atomic E-state index is 13.7. The highest BCUT2D eigenvalue weighted by Crippen LogP contribution is 2.31. The number of nitrogens with zero attached hydrogens (tertiary/aromatic N) is 2. The number of aryl methyl sites for hydroxylation is 1. The molecule has 0 radical (unpaired) electrons. The average molecular weight is 301 g/mol. The Balaban J connectivity index is 2.39. The molecule has 0 aliphatic rings. The van der Waals surface area contributed by atoms with Crippen LogP contribution in [0.2, 0.25) is 5.02 Å². The Hall–Kier alpha value is -2.28. The van der Waals surface area contributed by atoms with Crippen molar-refractivity contribution in [2.24, 2.45) is 0 Å². The number of benzene rings is 1. The lowest BCUT2D eigenvalue weighted by Gasteiger charge is -2.08. The summed E-state index contributed by atoms with van der Waals surface area (Å²) in [4.78, 5) is 13.5. The number of hydrogen-bond acceptors (Lipinski definition) is 4. The van der Waals surface area contributed by atoms with E-state index in [4.69, 9.17) is 16.3 Å². The summed E-state index contributed by atoms with van der Waals surface area (Å²) in [5.74, 6) is -2.69. The van der Waals surface area contributed by atoms with E-state index >= 15 is 0 Å². The Morgan fingerprint density at radius 1 is 1.30 bits per heavy atom. The summed E-state index contributed by atoms with van der Waals surface area (Å²) in [6.45, 7) is 1.41. The molecule has 0 aliphatic heterocycles. The molecule has 0 amide bonds. The fraction of sp³-hybridized carbons (Fsp3) is 0.0833. The van der Waals surface area contributed by atoms with Gasteiger partial charge in [-0.05, 0) is 19.1 Å². The summed E-state index contributed by atoms with van der Waals surface area (Å²) in [6.07, 6.45) is 1.14. The molecule has 1 aromatic carbocycles. The molecular formula is C12H7ClF2N2O3. The lowest BCUT2D eigenvalue weighted by atomic mass is 10.2. The van der Waals surface area contributed by atoms with E-state index in [9.17, 15) is 18.9 Å². The first-order chi connectivity index (χ1) is 9.38. The van der Waals surface area contributed by atoms with Crippen LogP contribution >= 0.6 is 11.6 Å². The van der Waals surface area contributed by atoms with Crippen LogP contribution in [0.15, 0.2) is 24.4 Å². The van der Waals surface area contributed by atoms with Crippen molar-refractivity contribution >= 4 is 17.3 Å². The van der Waals surface area contributed by atoms with E-state index in [1.165, 1.54) is 6.92 Å². The third-order valence-electron chi connectivity index (χ3n) is 2.43. The third-order valence-corrected chi connectivity index (χ3v) is 2.63. The molecule has 1 heterocycles. The van der Waals surface area contributed by atoms with Gasteiger partial charge < -0.3 is 4.74 Å². The number of nitro benzene ring substituents is 1. The summed E-state index contributed by atoms with van der Waals surface area (Å²) < 4.78 is 32.1. The van der Waals surface area contributed by atoms with Gasteiger partial charge in [0.05, 0.1) is 16.0 Å². The Labute approximate surface area is 116 Å². The van der Waals surface area contributed by atoms with Gasteiger partial charge in [-0.2, -0.15) is 0 Å². The van der Waals surface area contributed by atoms with Gasteiger partial charge in [-0.1, -0.05) is 11.6 Å². The predicted molar refractivity (Wildman–Crippen MR) is 67.1 cm³/mol. The van der Waals surface area contributed by atoms with Gasteiger partial charge in [-0.25, -0.2) is 13.8 Å². The Kier molecular flexibility index (Phi) is 3.80. The molecule has 20 heavy (non-hydrogen) atoms. The zero-order valence-corrected chi connectivity index (χ0v) is 10.8. The van der Waals surface area contributed by atoms with Gasteiger partial charge in [0, 0.05) is 11.8 Å². The Morgan fingerprint density at radius 3 is 2.60 bits per heavy atom. The van der Waals surface area contributed by atoms with E-state index in [1.807, 2.05) is 0 Å². The Bertz CT molecular complexity index is 695.